The molecular formula is C11H13FO3. The van der Waals surface area contributed by atoms with Gasteiger partial charge < -0.3 is 14.9 Å². The van der Waals surface area contributed by atoms with Gasteiger partial charge in [-0.2, -0.15) is 0 Å². The minimum atomic E-state index is -1.16. The topological polar surface area (TPSA) is 49.7 Å². The van der Waals surface area contributed by atoms with Crippen LogP contribution in [0.3, 0.4) is 0 Å². The highest BCUT2D eigenvalue weighted by Gasteiger charge is 2.34. The fourth-order valence-corrected chi connectivity index (χ4v) is 1.87. The van der Waals surface area contributed by atoms with Crippen LogP contribution in [0.2, 0.25) is 0 Å². The zero-order valence-corrected chi connectivity index (χ0v) is 8.24. The van der Waals surface area contributed by atoms with E-state index in [9.17, 15) is 14.6 Å². The molecule has 0 spiro atoms. The normalized spacial score (nSPS) is 20.1. The highest BCUT2D eigenvalue weighted by atomic mass is 19.1. The average Bonchev–Trinajstić information content (AvgIpc) is 2.23. The van der Waals surface area contributed by atoms with Gasteiger partial charge in [0.15, 0.2) is 11.6 Å². The van der Waals surface area contributed by atoms with Crippen LogP contribution in [0.1, 0.15) is 18.4 Å². The van der Waals surface area contributed by atoms with Gasteiger partial charge in [-0.3, -0.25) is 0 Å². The highest BCUT2D eigenvalue weighted by molar-refractivity contribution is 5.38. The van der Waals surface area contributed by atoms with Gasteiger partial charge in [0.25, 0.3) is 0 Å². The molecule has 0 atom stereocenters. The maximum atomic E-state index is 13.1. The van der Waals surface area contributed by atoms with Crippen molar-refractivity contribution in [2.45, 2.75) is 18.4 Å². The van der Waals surface area contributed by atoms with E-state index < -0.39 is 17.2 Å². The lowest BCUT2D eigenvalue weighted by atomic mass is 9.86. The van der Waals surface area contributed by atoms with E-state index in [1.54, 1.807) is 6.07 Å². The number of aromatic hydroxyl groups is 1. The molecule has 1 fully saturated rings. The Hall–Kier alpha value is -1.13. The summed E-state index contributed by atoms with van der Waals surface area (Å²) < 4.78 is 18.2. The SMILES string of the molecule is Oc1c(F)cccc1C1(O)CCOCC1. The summed E-state index contributed by atoms with van der Waals surface area (Å²) in [5, 5.41) is 19.8. The van der Waals surface area contributed by atoms with Gasteiger partial charge in [-0.15, -0.1) is 0 Å². The summed E-state index contributed by atoms with van der Waals surface area (Å²) in [6.07, 6.45) is 0.758. The van der Waals surface area contributed by atoms with Crippen LogP contribution in [0.5, 0.6) is 5.75 Å². The van der Waals surface area contributed by atoms with Crippen molar-refractivity contribution in [3.63, 3.8) is 0 Å². The number of hydrogen-bond donors (Lipinski definition) is 2. The molecule has 0 amide bonds. The molecule has 4 heteroatoms. The number of halogens is 1. The van der Waals surface area contributed by atoms with Crippen molar-refractivity contribution in [1.29, 1.82) is 0 Å². The predicted octanol–water partition coefficient (Wildman–Crippen LogP) is 1.53. The molecule has 0 aromatic heterocycles. The fourth-order valence-electron chi connectivity index (χ4n) is 1.87. The summed E-state index contributed by atoms with van der Waals surface area (Å²) in [6, 6.07) is 4.20. The van der Waals surface area contributed by atoms with Crippen LogP contribution in [-0.2, 0) is 10.3 Å². The standard InChI is InChI=1S/C11H13FO3/c12-9-3-1-2-8(10(9)13)11(14)4-6-15-7-5-11/h1-3,13-14H,4-7H2. The molecule has 3 nitrogen and oxygen atoms in total. The number of ether oxygens (including phenoxy) is 1. The molecule has 0 unspecified atom stereocenters. The maximum absolute atomic E-state index is 13.1. The Bertz CT molecular complexity index is 359. The lowest BCUT2D eigenvalue weighted by molar-refractivity contribution is -0.0691. The Morgan fingerprint density at radius 2 is 1.93 bits per heavy atom. The fraction of sp³-hybridized carbons (Fsp3) is 0.455. The summed E-state index contributed by atoms with van der Waals surface area (Å²) in [5.41, 5.74) is -0.907. The van der Waals surface area contributed by atoms with Crippen molar-refractivity contribution in [2.24, 2.45) is 0 Å². The Kier molecular flexibility index (Phi) is 2.63. The summed E-state index contributed by atoms with van der Waals surface area (Å²) in [5.74, 6) is -1.16. The van der Waals surface area contributed by atoms with Crippen LogP contribution < -0.4 is 0 Å². The Morgan fingerprint density at radius 1 is 1.27 bits per heavy atom. The van der Waals surface area contributed by atoms with Crippen molar-refractivity contribution >= 4 is 0 Å². The van der Waals surface area contributed by atoms with Crippen molar-refractivity contribution in [3.05, 3.63) is 29.6 Å². The first-order valence-electron chi connectivity index (χ1n) is 4.91. The van der Waals surface area contributed by atoms with E-state index >= 15 is 0 Å². The lowest BCUT2D eigenvalue weighted by Crippen LogP contribution is -2.33. The molecule has 1 heterocycles. The van der Waals surface area contributed by atoms with E-state index in [1.165, 1.54) is 12.1 Å². The minimum Gasteiger partial charge on any atom is -0.505 e. The molecule has 1 aliphatic heterocycles. The van der Waals surface area contributed by atoms with Crippen molar-refractivity contribution in [1.82, 2.24) is 0 Å². The monoisotopic (exact) mass is 212 g/mol. The first kappa shape index (κ1) is 10.4. The number of para-hydroxylation sites is 1. The molecule has 15 heavy (non-hydrogen) atoms. The summed E-state index contributed by atoms with van der Waals surface area (Å²) in [4.78, 5) is 0. The molecule has 0 radical (unpaired) electrons. The van der Waals surface area contributed by atoms with Crippen LogP contribution >= 0.6 is 0 Å². The van der Waals surface area contributed by atoms with E-state index in [0.29, 0.717) is 26.1 Å². The van der Waals surface area contributed by atoms with Gasteiger partial charge in [0.1, 0.15) is 0 Å². The van der Waals surface area contributed by atoms with Gasteiger partial charge in [0.05, 0.1) is 5.60 Å². The van der Waals surface area contributed by atoms with Gasteiger partial charge in [0.2, 0.25) is 0 Å². The van der Waals surface area contributed by atoms with Crippen LogP contribution in [0, 0.1) is 5.82 Å². The van der Waals surface area contributed by atoms with Crippen LogP contribution in [0.4, 0.5) is 4.39 Å². The van der Waals surface area contributed by atoms with Crippen molar-refractivity contribution in [2.75, 3.05) is 13.2 Å². The zero-order chi connectivity index (χ0) is 10.9. The number of hydrogen-bond acceptors (Lipinski definition) is 3. The maximum Gasteiger partial charge on any atom is 0.165 e. The average molecular weight is 212 g/mol. The van der Waals surface area contributed by atoms with Crippen LogP contribution in [0.25, 0.3) is 0 Å². The van der Waals surface area contributed by atoms with Gasteiger partial charge in [-0.1, -0.05) is 12.1 Å². The minimum absolute atomic E-state index is 0.255. The summed E-state index contributed by atoms with van der Waals surface area (Å²) in [7, 11) is 0. The van der Waals surface area contributed by atoms with E-state index in [4.69, 9.17) is 4.74 Å². The first-order chi connectivity index (χ1) is 7.13. The van der Waals surface area contributed by atoms with Gasteiger partial charge in [-0.05, 0) is 6.07 Å². The van der Waals surface area contributed by atoms with Crippen LogP contribution in [-0.4, -0.2) is 23.4 Å². The van der Waals surface area contributed by atoms with E-state index in [0.717, 1.165) is 0 Å². The molecule has 0 saturated carbocycles. The number of rotatable bonds is 1. The second-order valence-electron chi connectivity index (χ2n) is 3.78. The molecule has 1 aliphatic rings. The molecule has 82 valence electrons. The van der Waals surface area contributed by atoms with E-state index in [-0.39, 0.29) is 5.56 Å². The van der Waals surface area contributed by atoms with Gasteiger partial charge in [0, 0.05) is 31.6 Å². The van der Waals surface area contributed by atoms with Gasteiger partial charge in [-0.25, -0.2) is 4.39 Å². The summed E-state index contributed by atoms with van der Waals surface area (Å²) >= 11 is 0. The van der Waals surface area contributed by atoms with Crippen molar-refractivity contribution in [3.8, 4) is 5.75 Å². The highest BCUT2D eigenvalue weighted by Crippen LogP contribution is 2.37. The van der Waals surface area contributed by atoms with Crippen molar-refractivity contribution < 1.29 is 19.3 Å². The Morgan fingerprint density at radius 3 is 2.60 bits per heavy atom. The molecular weight excluding hydrogens is 199 g/mol. The quantitative estimate of drug-likeness (QED) is 0.742. The number of phenols is 1. The zero-order valence-electron chi connectivity index (χ0n) is 8.24. The second-order valence-corrected chi connectivity index (χ2v) is 3.78. The Labute approximate surface area is 87.1 Å². The smallest absolute Gasteiger partial charge is 0.165 e. The molecule has 2 N–H and O–H groups in total. The Balaban J connectivity index is 2.39. The molecule has 2 rings (SSSR count). The number of aliphatic hydroxyl groups is 1. The van der Waals surface area contributed by atoms with E-state index in [1.807, 2.05) is 0 Å². The van der Waals surface area contributed by atoms with Gasteiger partial charge >= 0.3 is 0 Å². The molecule has 0 bridgehead atoms. The van der Waals surface area contributed by atoms with E-state index in [2.05, 4.69) is 0 Å². The van der Waals surface area contributed by atoms with Crippen LogP contribution in [0.15, 0.2) is 18.2 Å². The third kappa shape index (κ3) is 1.82. The third-order valence-corrected chi connectivity index (χ3v) is 2.81. The molecule has 1 aromatic carbocycles. The number of phenolic OH excluding ortho intramolecular Hbond substituents is 1. The first-order valence-corrected chi connectivity index (χ1v) is 4.91. The molecule has 0 aliphatic carbocycles. The summed E-state index contributed by atoms with van der Waals surface area (Å²) in [6.45, 7) is 0.846. The largest absolute Gasteiger partial charge is 0.505 e. The molecule has 1 saturated heterocycles. The second kappa shape index (κ2) is 3.79. The lowest BCUT2D eigenvalue weighted by Gasteiger charge is -2.32. The third-order valence-electron chi connectivity index (χ3n) is 2.81. The molecule has 1 aromatic rings. The number of benzene rings is 1. The predicted molar refractivity (Wildman–Crippen MR) is 52.0 cm³/mol.